The highest BCUT2D eigenvalue weighted by atomic mass is 16.6. The molecule has 0 aromatic rings. The molecule has 0 unspecified atom stereocenters. The Kier molecular flexibility index (Phi) is 48.3. The van der Waals surface area contributed by atoms with Crippen LogP contribution in [0.5, 0.6) is 0 Å². The van der Waals surface area contributed by atoms with Crippen LogP contribution in [0.2, 0.25) is 0 Å². The maximum atomic E-state index is 12.8. The minimum atomic E-state index is -0.792. The number of hydrogen-bond acceptors (Lipinski definition) is 6. The van der Waals surface area contributed by atoms with Gasteiger partial charge in [0, 0.05) is 19.3 Å². The van der Waals surface area contributed by atoms with Crippen molar-refractivity contribution in [2.24, 2.45) is 0 Å². The summed E-state index contributed by atoms with van der Waals surface area (Å²) in [6.45, 7) is 6.61. The molecule has 0 saturated heterocycles. The van der Waals surface area contributed by atoms with Crippen LogP contribution in [-0.2, 0) is 28.6 Å². The molecule has 0 heterocycles. The molecule has 0 fully saturated rings. The van der Waals surface area contributed by atoms with Crippen LogP contribution in [0.1, 0.15) is 278 Å². The first-order valence-electron chi connectivity index (χ1n) is 26.5. The number of rotatable bonds is 48. The summed E-state index contributed by atoms with van der Waals surface area (Å²) in [4.78, 5) is 37.9. The van der Waals surface area contributed by atoms with Gasteiger partial charge in [-0.15, -0.1) is 0 Å². The summed E-state index contributed by atoms with van der Waals surface area (Å²) in [6.07, 6.45) is 58.4. The van der Waals surface area contributed by atoms with Gasteiger partial charge in [-0.2, -0.15) is 0 Å². The molecular formula is C55H100O6. The van der Waals surface area contributed by atoms with E-state index in [1.165, 1.54) is 173 Å². The fourth-order valence-corrected chi connectivity index (χ4v) is 7.64. The van der Waals surface area contributed by atoms with Gasteiger partial charge in [-0.25, -0.2) is 0 Å². The Hall–Kier alpha value is -2.37. The van der Waals surface area contributed by atoms with Gasteiger partial charge in [0.2, 0.25) is 0 Å². The van der Waals surface area contributed by atoms with E-state index < -0.39 is 6.10 Å². The number of carbonyl (C=O) groups is 3. The van der Waals surface area contributed by atoms with Gasteiger partial charge in [-0.3, -0.25) is 14.4 Å². The molecule has 0 aromatic heterocycles. The molecule has 0 amide bonds. The molecule has 0 atom stereocenters. The third kappa shape index (κ3) is 48.5. The van der Waals surface area contributed by atoms with Gasteiger partial charge >= 0.3 is 17.9 Å². The van der Waals surface area contributed by atoms with Crippen LogP contribution < -0.4 is 0 Å². The van der Waals surface area contributed by atoms with Crippen molar-refractivity contribution in [2.45, 2.75) is 284 Å². The number of unbranched alkanes of at least 4 members (excludes halogenated alkanes) is 31. The third-order valence-electron chi connectivity index (χ3n) is 11.6. The van der Waals surface area contributed by atoms with Gasteiger partial charge < -0.3 is 14.2 Å². The average molecular weight is 857 g/mol. The van der Waals surface area contributed by atoms with Crippen LogP contribution in [0.25, 0.3) is 0 Å². The number of ether oxygens (including phenoxy) is 3. The Morgan fingerprint density at radius 1 is 0.328 bits per heavy atom. The Morgan fingerprint density at radius 3 is 0.967 bits per heavy atom. The molecule has 0 aromatic carbocycles. The molecule has 0 aliphatic heterocycles. The van der Waals surface area contributed by atoms with Gasteiger partial charge in [0.1, 0.15) is 13.2 Å². The normalized spacial score (nSPS) is 11.8. The van der Waals surface area contributed by atoms with E-state index in [-0.39, 0.29) is 37.5 Å². The molecule has 0 rings (SSSR count). The highest BCUT2D eigenvalue weighted by molar-refractivity contribution is 5.71. The van der Waals surface area contributed by atoms with Crippen molar-refractivity contribution in [1.29, 1.82) is 0 Å². The molecule has 6 nitrogen and oxygen atoms in total. The lowest BCUT2D eigenvalue weighted by molar-refractivity contribution is -0.167. The van der Waals surface area contributed by atoms with Gasteiger partial charge in [-0.05, 0) is 51.4 Å². The molecule has 6 heteroatoms. The van der Waals surface area contributed by atoms with Crippen LogP contribution in [0.4, 0.5) is 0 Å². The van der Waals surface area contributed by atoms with E-state index in [2.05, 4.69) is 57.2 Å². The molecule has 0 saturated carbocycles. The van der Waals surface area contributed by atoms with E-state index >= 15 is 0 Å². The summed E-state index contributed by atoms with van der Waals surface area (Å²) in [5.74, 6) is -0.928. The van der Waals surface area contributed by atoms with E-state index in [0.717, 1.165) is 57.8 Å². The topological polar surface area (TPSA) is 78.9 Å². The molecule has 0 radical (unpaired) electrons. The van der Waals surface area contributed by atoms with Crippen molar-refractivity contribution < 1.29 is 28.6 Å². The highest BCUT2D eigenvalue weighted by Gasteiger charge is 2.19. The Balaban J connectivity index is 4.43. The van der Waals surface area contributed by atoms with Crippen LogP contribution in [-0.4, -0.2) is 37.2 Å². The molecule has 0 spiro atoms. The summed E-state index contributed by atoms with van der Waals surface area (Å²) in [5.41, 5.74) is 0. The van der Waals surface area contributed by atoms with Crippen molar-refractivity contribution in [3.05, 3.63) is 36.5 Å². The molecule has 0 aliphatic carbocycles. The van der Waals surface area contributed by atoms with E-state index in [1.54, 1.807) is 0 Å². The standard InChI is InChI=1S/C55H100O6/c1-4-7-10-13-16-19-22-25-26-27-28-31-34-37-40-43-46-49-55(58)61-52(50-59-53(56)47-44-41-38-35-32-29-23-20-17-14-11-8-5-2)51-60-54(57)48-45-42-39-36-33-30-24-21-18-15-12-9-6-3/h25-26,28,31,37,40,52H,4-24,27,29-30,32-36,38-39,41-51H2,1-3H3/b26-25-,31-28-,40-37-. The zero-order valence-corrected chi connectivity index (χ0v) is 40.7. The second-order valence-electron chi connectivity index (χ2n) is 17.8. The molecule has 61 heavy (non-hydrogen) atoms. The van der Waals surface area contributed by atoms with E-state index in [9.17, 15) is 14.4 Å². The fourth-order valence-electron chi connectivity index (χ4n) is 7.64. The van der Waals surface area contributed by atoms with E-state index in [1.807, 2.05) is 0 Å². The average Bonchev–Trinajstić information content (AvgIpc) is 3.26. The lowest BCUT2D eigenvalue weighted by Crippen LogP contribution is -2.30. The monoisotopic (exact) mass is 857 g/mol. The second-order valence-corrected chi connectivity index (χ2v) is 17.8. The Labute approximate surface area is 378 Å². The number of allylic oxidation sites excluding steroid dienone is 6. The van der Waals surface area contributed by atoms with Crippen molar-refractivity contribution >= 4 is 17.9 Å². The SMILES string of the molecule is CCCCCCCC/C=C\C/C=C\C/C=C\CCCC(=O)OC(COC(=O)CCCCCCCCCCCCCCC)COC(=O)CCCCCCCCCCCCCCC. The van der Waals surface area contributed by atoms with Crippen LogP contribution in [0.3, 0.4) is 0 Å². The fraction of sp³-hybridized carbons (Fsp3) is 0.836. The van der Waals surface area contributed by atoms with Crippen LogP contribution in [0.15, 0.2) is 36.5 Å². The van der Waals surface area contributed by atoms with Gasteiger partial charge in [0.25, 0.3) is 0 Å². The summed E-state index contributed by atoms with van der Waals surface area (Å²) >= 11 is 0. The van der Waals surface area contributed by atoms with Gasteiger partial charge in [-0.1, -0.05) is 243 Å². The smallest absolute Gasteiger partial charge is 0.306 e. The quantitative estimate of drug-likeness (QED) is 0.0262. The molecule has 356 valence electrons. The second kappa shape index (κ2) is 50.3. The first-order chi connectivity index (χ1) is 30.0. The summed E-state index contributed by atoms with van der Waals surface area (Å²) in [7, 11) is 0. The van der Waals surface area contributed by atoms with Gasteiger partial charge in [0.05, 0.1) is 0 Å². The zero-order chi connectivity index (χ0) is 44.4. The molecule has 0 aliphatic rings. The number of hydrogen-bond donors (Lipinski definition) is 0. The first-order valence-corrected chi connectivity index (χ1v) is 26.5. The minimum absolute atomic E-state index is 0.0878. The van der Waals surface area contributed by atoms with E-state index in [4.69, 9.17) is 14.2 Å². The summed E-state index contributed by atoms with van der Waals surface area (Å²) in [5, 5.41) is 0. The predicted molar refractivity (Wildman–Crippen MR) is 261 cm³/mol. The molecular weight excluding hydrogens is 757 g/mol. The largest absolute Gasteiger partial charge is 0.462 e. The predicted octanol–water partition coefficient (Wildman–Crippen LogP) is 17.3. The van der Waals surface area contributed by atoms with E-state index in [0.29, 0.717) is 19.3 Å². The zero-order valence-electron chi connectivity index (χ0n) is 40.7. The summed E-state index contributed by atoms with van der Waals surface area (Å²) < 4.78 is 16.8. The van der Waals surface area contributed by atoms with Crippen molar-refractivity contribution in [3.63, 3.8) is 0 Å². The van der Waals surface area contributed by atoms with Crippen molar-refractivity contribution in [2.75, 3.05) is 13.2 Å². The lowest BCUT2D eigenvalue weighted by atomic mass is 10.0. The lowest BCUT2D eigenvalue weighted by Gasteiger charge is -2.18. The van der Waals surface area contributed by atoms with Crippen LogP contribution in [0, 0.1) is 0 Å². The maximum absolute atomic E-state index is 12.8. The van der Waals surface area contributed by atoms with Crippen molar-refractivity contribution in [3.8, 4) is 0 Å². The minimum Gasteiger partial charge on any atom is -0.462 e. The van der Waals surface area contributed by atoms with Gasteiger partial charge in [0.15, 0.2) is 6.10 Å². The third-order valence-corrected chi connectivity index (χ3v) is 11.6. The van der Waals surface area contributed by atoms with Crippen LogP contribution >= 0.6 is 0 Å². The summed E-state index contributed by atoms with van der Waals surface area (Å²) in [6, 6.07) is 0. The number of carbonyl (C=O) groups excluding carboxylic acids is 3. The molecule has 0 N–H and O–H groups in total. The Bertz CT molecular complexity index is 985. The number of esters is 3. The highest BCUT2D eigenvalue weighted by Crippen LogP contribution is 2.16. The Morgan fingerprint density at radius 2 is 0.607 bits per heavy atom. The first kappa shape index (κ1) is 58.6. The molecule has 0 bridgehead atoms. The maximum Gasteiger partial charge on any atom is 0.306 e. The van der Waals surface area contributed by atoms with Crippen molar-refractivity contribution in [1.82, 2.24) is 0 Å².